The zero-order valence-electron chi connectivity index (χ0n) is 15.7. The maximum Gasteiger partial charge on any atom is 0.270 e. The molecule has 1 aliphatic rings. The van der Waals surface area contributed by atoms with Crippen molar-refractivity contribution >= 4 is 11.8 Å². The summed E-state index contributed by atoms with van der Waals surface area (Å²) in [5.74, 6) is 1.43. The van der Waals surface area contributed by atoms with Gasteiger partial charge in [-0.05, 0) is 36.2 Å². The Morgan fingerprint density at radius 2 is 1.70 bits per heavy atom. The normalized spacial score (nSPS) is 14.1. The van der Waals surface area contributed by atoms with Crippen LogP contribution in [-0.2, 0) is 11.2 Å². The number of nitrogens with one attached hydrogen (secondary N) is 1. The number of piperazine rings is 1. The summed E-state index contributed by atoms with van der Waals surface area (Å²) in [6.45, 7) is 2.24. The molecule has 27 heavy (non-hydrogen) atoms. The lowest BCUT2D eigenvalue weighted by molar-refractivity contribution is -0.132. The first kappa shape index (κ1) is 18.8. The third-order valence-electron chi connectivity index (χ3n) is 4.82. The van der Waals surface area contributed by atoms with Crippen molar-refractivity contribution in [3.05, 3.63) is 47.8 Å². The molecule has 0 aliphatic carbocycles. The Morgan fingerprint density at radius 1 is 1.00 bits per heavy atom. The minimum Gasteiger partial charge on any atom is -0.493 e. The molecule has 1 aromatic carbocycles. The Labute approximate surface area is 158 Å². The number of aromatic nitrogens is 1. The zero-order valence-corrected chi connectivity index (χ0v) is 15.7. The minimum absolute atomic E-state index is 0.0163. The molecule has 3 rings (SSSR count). The molecule has 0 saturated carbocycles. The first-order chi connectivity index (χ1) is 13.1. The van der Waals surface area contributed by atoms with Crippen LogP contribution in [0, 0.1) is 0 Å². The van der Waals surface area contributed by atoms with Crippen LogP contribution in [0.3, 0.4) is 0 Å². The predicted molar refractivity (Wildman–Crippen MR) is 101 cm³/mol. The highest BCUT2D eigenvalue weighted by atomic mass is 16.5. The van der Waals surface area contributed by atoms with Gasteiger partial charge in [0.2, 0.25) is 5.91 Å². The highest BCUT2D eigenvalue weighted by Crippen LogP contribution is 2.28. The smallest absolute Gasteiger partial charge is 0.270 e. The monoisotopic (exact) mass is 371 g/mol. The van der Waals surface area contributed by atoms with Gasteiger partial charge in [0.15, 0.2) is 11.5 Å². The number of H-pyrrole nitrogens is 1. The molecule has 144 valence electrons. The van der Waals surface area contributed by atoms with Crippen molar-refractivity contribution in [2.75, 3.05) is 40.4 Å². The van der Waals surface area contributed by atoms with Gasteiger partial charge in [0.1, 0.15) is 5.69 Å². The Kier molecular flexibility index (Phi) is 6.01. The second-order valence-corrected chi connectivity index (χ2v) is 6.45. The average Bonchev–Trinajstić information content (AvgIpc) is 3.26. The van der Waals surface area contributed by atoms with Gasteiger partial charge >= 0.3 is 0 Å². The van der Waals surface area contributed by atoms with Crippen molar-refractivity contribution in [1.29, 1.82) is 0 Å². The van der Waals surface area contributed by atoms with Crippen molar-refractivity contribution < 1.29 is 19.1 Å². The molecule has 7 nitrogen and oxygen atoms in total. The molecule has 0 spiro atoms. The molecule has 7 heteroatoms. The quantitative estimate of drug-likeness (QED) is 0.842. The number of aryl methyl sites for hydroxylation is 1. The van der Waals surface area contributed by atoms with Crippen molar-refractivity contribution in [3.63, 3.8) is 0 Å². The Balaban J connectivity index is 1.49. The number of benzene rings is 1. The summed E-state index contributed by atoms with van der Waals surface area (Å²) in [5, 5.41) is 0. The third-order valence-corrected chi connectivity index (χ3v) is 4.82. The molecule has 2 aromatic rings. The molecule has 1 saturated heterocycles. The van der Waals surface area contributed by atoms with E-state index in [-0.39, 0.29) is 11.8 Å². The average molecular weight is 371 g/mol. The molecular formula is C20H25N3O4. The van der Waals surface area contributed by atoms with E-state index in [0.29, 0.717) is 56.2 Å². The standard InChI is InChI=1S/C20H25N3O4/c1-26-17-7-5-15(14-18(17)27-2)6-8-19(24)22-10-12-23(13-11-22)20(25)16-4-3-9-21-16/h3-5,7,9,14,21H,6,8,10-13H2,1-2H3. The van der Waals surface area contributed by atoms with Crippen molar-refractivity contribution in [1.82, 2.24) is 14.8 Å². The van der Waals surface area contributed by atoms with Crippen molar-refractivity contribution in [3.8, 4) is 11.5 Å². The topological polar surface area (TPSA) is 74.9 Å². The first-order valence-corrected chi connectivity index (χ1v) is 9.03. The largest absolute Gasteiger partial charge is 0.493 e. The van der Waals surface area contributed by atoms with Crippen molar-refractivity contribution in [2.45, 2.75) is 12.8 Å². The molecular weight excluding hydrogens is 346 g/mol. The lowest BCUT2D eigenvalue weighted by Crippen LogP contribution is -2.50. The van der Waals surface area contributed by atoms with Crippen LogP contribution >= 0.6 is 0 Å². The molecule has 0 bridgehead atoms. The molecule has 0 unspecified atom stereocenters. The van der Waals surface area contributed by atoms with E-state index in [1.807, 2.05) is 23.1 Å². The zero-order chi connectivity index (χ0) is 19.2. The first-order valence-electron chi connectivity index (χ1n) is 9.03. The number of amides is 2. The van der Waals surface area contributed by atoms with Gasteiger partial charge < -0.3 is 24.3 Å². The van der Waals surface area contributed by atoms with E-state index in [1.165, 1.54) is 0 Å². The fourth-order valence-corrected chi connectivity index (χ4v) is 3.24. The number of hydrogen-bond donors (Lipinski definition) is 1. The van der Waals surface area contributed by atoms with Gasteiger partial charge in [-0.2, -0.15) is 0 Å². The Morgan fingerprint density at radius 3 is 2.33 bits per heavy atom. The van der Waals surface area contributed by atoms with E-state index in [4.69, 9.17) is 9.47 Å². The number of nitrogens with zero attached hydrogens (tertiary/aromatic N) is 2. The van der Waals surface area contributed by atoms with Gasteiger partial charge in [-0.3, -0.25) is 9.59 Å². The van der Waals surface area contributed by atoms with Crippen LogP contribution < -0.4 is 9.47 Å². The fraction of sp³-hybridized carbons (Fsp3) is 0.400. The summed E-state index contributed by atoms with van der Waals surface area (Å²) in [5.41, 5.74) is 1.62. The van der Waals surface area contributed by atoms with E-state index in [2.05, 4.69) is 4.98 Å². The van der Waals surface area contributed by atoms with Gasteiger partial charge in [-0.25, -0.2) is 0 Å². The highest BCUT2D eigenvalue weighted by Gasteiger charge is 2.25. The summed E-state index contributed by atoms with van der Waals surface area (Å²) in [6, 6.07) is 9.27. The van der Waals surface area contributed by atoms with Crippen LogP contribution in [0.5, 0.6) is 11.5 Å². The third kappa shape index (κ3) is 4.42. The molecule has 0 radical (unpaired) electrons. The molecule has 2 heterocycles. The lowest BCUT2D eigenvalue weighted by Gasteiger charge is -2.34. The molecule has 1 fully saturated rings. The molecule has 1 N–H and O–H groups in total. The summed E-state index contributed by atoms with van der Waals surface area (Å²) < 4.78 is 10.5. The Bertz CT molecular complexity index is 781. The SMILES string of the molecule is COc1ccc(CCC(=O)N2CCN(C(=O)c3ccc[nH]3)CC2)cc1OC. The second kappa shape index (κ2) is 8.62. The van der Waals surface area contributed by atoms with E-state index in [1.54, 1.807) is 37.4 Å². The molecule has 1 aromatic heterocycles. The molecule has 0 atom stereocenters. The Hall–Kier alpha value is -2.96. The lowest BCUT2D eigenvalue weighted by atomic mass is 10.1. The van der Waals surface area contributed by atoms with Gasteiger partial charge in [-0.15, -0.1) is 0 Å². The van der Waals surface area contributed by atoms with Gasteiger partial charge in [0.25, 0.3) is 5.91 Å². The van der Waals surface area contributed by atoms with Crippen molar-refractivity contribution in [2.24, 2.45) is 0 Å². The number of carbonyl (C=O) groups is 2. The fourth-order valence-electron chi connectivity index (χ4n) is 3.24. The molecule has 1 aliphatic heterocycles. The number of hydrogen-bond acceptors (Lipinski definition) is 4. The van der Waals surface area contributed by atoms with Gasteiger partial charge in [-0.1, -0.05) is 6.07 Å². The van der Waals surface area contributed by atoms with Crippen LogP contribution in [0.25, 0.3) is 0 Å². The number of aromatic amines is 1. The summed E-state index contributed by atoms with van der Waals surface area (Å²) >= 11 is 0. The summed E-state index contributed by atoms with van der Waals surface area (Å²) in [7, 11) is 3.20. The summed E-state index contributed by atoms with van der Waals surface area (Å²) in [4.78, 5) is 31.4. The van der Waals surface area contributed by atoms with E-state index in [9.17, 15) is 9.59 Å². The number of methoxy groups -OCH3 is 2. The maximum absolute atomic E-state index is 12.5. The minimum atomic E-state index is -0.0163. The van der Waals surface area contributed by atoms with Crippen LogP contribution in [0.2, 0.25) is 0 Å². The number of carbonyl (C=O) groups excluding carboxylic acids is 2. The molecule has 2 amide bonds. The van der Waals surface area contributed by atoms with Gasteiger partial charge in [0.05, 0.1) is 14.2 Å². The van der Waals surface area contributed by atoms with Gasteiger partial charge in [0, 0.05) is 38.8 Å². The maximum atomic E-state index is 12.5. The predicted octanol–water partition coefficient (Wildman–Crippen LogP) is 1.95. The van der Waals surface area contributed by atoms with Crippen LogP contribution in [0.15, 0.2) is 36.5 Å². The number of ether oxygens (including phenoxy) is 2. The van der Waals surface area contributed by atoms with E-state index in [0.717, 1.165) is 5.56 Å². The highest BCUT2D eigenvalue weighted by molar-refractivity contribution is 5.92. The van der Waals surface area contributed by atoms with E-state index < -0.39 is 0 Å². The van der Waals surface area contributed by atoms with Crippen LogP contribution in [-0.4, -0.2) is 67.0 Å². The summed E-state index contributed by atoms with van der Waals surface area (Å²) in [6.07, 6.45) is 2.81. The van der Waals surface area contributed by atoms with Crippen LogP contribution in [0.4, 0.5) is 0 Å². The van der Waals surface area contributed by atoms with Crippen LogP contribution in [0.1, 0.15) is 22.5 Å². The van der Waals surface area contributed by atoms with E-state index >= 15 is 0 Å². The second-order valence-electron chi connectivity index (χ2n) is 6.45. The number of rotatable bonds is 6.